The summed E-state index contributed by atoms with van der Waals surface area (Å²) in [7, 11) is 1.73. The zero-order valence-corrected chi connectivity index (χ0v) is 13.4. The first kappa shape index (κ1) is 15.9. The first-order valence-corrected chi connectivity index (χ1v) is 7.71. The first-order chi connectivity index (χ1) is 11.7. The lowest BCUT2D eigenvalue weighted by Crippen LogP contribution is -2.38. The fraction of sp³-hybridized carbons (Fsp3) is 0.222. The van der Waals surface area contributed by atoms with E-state index in [2.05, 4.69) is 10.3 Å². The van der Waals surface area contributed by atoms with Gasteiger partial charge in [-0.1, -0.05) is 18.2 Å². The molecule has 6 nitrogen and oxygen atoms in total. The van der Waals surface area contributed by atoms with Gasteiger partial charge in [-0.3, -0.25) is 4.98 Å². The Morgan fingerprint density at radius 1 is 1.29 bits per heavy atom. The van der Waals surface area contributed by atoms with Crippen molar-refractivity contribution in [1.82, 2.24) is 15.2 Å². The van der Waals surface area contributed by atoms with Gasteiger partial charge in [0.15, 0.2) is 0 Å². The third-order valence-corrected chi connectivity index (χ3v) is 3.50. The summed E-state index contributed by atoms with van der Waals surface area (Å²) in [5.74, 6) is 1.43. The van der Waals surface area contributed by atoms with Gasteiger partial charge in [-0.2, -0.15) is 0 Å². The third-order valence-electron chi connectivity index (χ3n) is 3.50. The number of carbonyl (C=O) groups excluding carboxylic acids is 1. The second-order valence-corrected chi connectivity index (χ2v) is 5.38. The van der Waals surface area contributed by atoms with Crippen LogP contribution >= 0.6 is 0 Å². The Kier molecular flexibility index (Phi) is 4.96. The number of nitrogens with one attached hydrogen (secondary N) is 1. The van der Waals surface area contributed by atoms with Crippen LogP contribution in [0.15, 0.2) is 59.3 Å². The van der Waals surface area contributed by atoms with Gasteiger partial charge in [-0.25, -0.2) is 4.79 Å². The van der Waals surface area contributed by atoms with Gasteiger partial charge in [0.05, 0.1) is 19.3 Å². The van der Waals surface area contributed by atoms with E-state index in [0.717, 1.165) is 16.7 Å². The van der Waals surface area contributed by atoms with Crippen LogP contribution in [0.4, 0.5) is 4.79 Å². The summed E-state index contributed by atoms with van der Waals surface area (Å²) < 4.78 is 11.2. The molecule has 2 heterocycles. The summed E-state index contributed by atoms with van der Waals surface area (Å²) in [5.41, 5.74) is 0.825. The van der Waals surface area contributed by atoms with Crippen molar-refractivity contribution in [3.05, 3.63) is 60.6 Å². The summed E-state index contributed by atoms with van der Waals surface area (Å²) in [6.07, 6.45) is 3.32. The molecule has 0 saturated heterocycles. The van der Waals surface area contributed by atoms with Crippen molar-refractivity contribution in [3.63, 3.8) is 0 Å². The highest BCUT2D eigenvalue weighted by molar-refractivity contribution is 5.78. The number of hydrogen-bond acceptors (Lipinski definition) is 4. The van der Waals surface area contributed by atoms with Crippen LogP contribution < -0.4 is 10.1 Å². The van der Waals surface area contributed by atoms with E-state index in [-0.39, 0.29) is 6.03 Å². The number of nitrogens with zero attached hydrogens (tertiary/aromatic N) is 2. The number of urea groups is 1. The van der Waals surface area contributed by atoms with Crippen molar-refractivity contribution >= 4 is 17.0 Å². The van der Waals surface area contributed by atoms with Gasteiger partial charge in [-0.15, -0.1) is 0 Å². The SMILES string of the molecule is CN(Cc1cc2ccccc2o1)C(=O)NCCOc1cccnc1. The molecule has 2 aromatic heterocycles. The van der Waals surface area contributed by atoms with Crippen LogP contribution in [0.3, 0.4) is 0 Å². The van der Waals surface area contributed by atoms with Gasteiger partial charge >= 0.3 is 6.03 Å². The number of ether oxygens (including phenoxy) is 1. The number of aromatic nitrogens is 1. The van der Waals surface area contributed by atoms with Gasteiger partial charge in [0, 0.05) is 18.6 Å². The highest BCUT2D eigenvalue weighted by atomic mass is 16.5. The molecule has 3 aromatic rings. The average molecular weight is 325 g/mol. The Morgan fingerprint density at radius 3 is 2.96 bits per heavy atom. The van der Waals surface area contributed by atoms with Crippen LogP contribution in [0, 0.1) is 0 Å². The summed E-state index contributed by atoms with van der Waals surface area (Å²) in [5, 5.41) is 3.84. The smallest absolute Gasteiger partial charge is 0.317 e. The maximum absolute atomic E-state index is 12.1. The lowest BCUT2D eigenvalue weighted by molar-refractivity contribution is 0.200. The zero-order chi connectivity index (χ0) is 16.8. The van der Waals surface area contributed by atoms with Crippen LogP contribution in [0.25, 0.3) is 11.0 Å². The molecule has 0 saturated carbocycles. The number of carbonyl (C=O) groups is 1. The van der Waals surface area contributed by atoms with E-state index in [1.54, 1.807) is 30.4 Å². The Balaban J connectivity index is 1.44. The number of furan rings is 1. The predicted molar refractivity (Wildman–Crippen MR) is 90.8 cm³/mol. The van der Waals surface area contributed by atoms with Crippen molar-refractivity contribution in [1.29, 1.82) is 0 Å². The van der Waals surface area contributed by atoms with Crippen LogP contribution in [0.5, 0.6) is 5.75 Å². The standard InChI is InChI=1S/C18H19N3O3/c1-21(13-16-11-14-5-2-3-7-17(14)24-16)18(22)20-9-10-23-15-6-4-8-19-12-15/h2-8,11-12H,9-10,13H2,1H3,(H,20,22). The number of amides is 2. The quantitative estimate of drug-likeness (QED) is 0.707. The normalized spacial score (nSPS) is 10.5. The first-order valence-electron chi connectivity index (χ1n) is 7.71. The molecule has 0 aliphatic heterocycles. The maximum atomic E-state index is 12.1. The second kappa shape index (κ2) is 7.50. The van der Waals surface area contributed by atoms with Gasteiger partial charge in [0.25, 0.3) is 0 Å². The van der Waals surface area contributed by atoms with Crippen molar-refractivity contribution < 1.29 is 13.9 Å². The molecular weight excluding hydrogens is 306 g/mol. The fourth-order valence-corrected chi connectivity index (χ4v) is 2.31. The maximum Gasteiger partial charge on any atom is 0.317 e. The molecule has 0 bridgehead atoms. The van der Waals surface area contributed by atoms with Crippen LogP contribution in [0.2, 0.25) is 0 Å². The molecule has 1 aromatic carbocycles. The Hall–Kier alpha value is -3.02. The largest absolute Gasteiger partial charge is 0.490 e. The molecule has 2 amide bonds. The fourth-order valence-electron chi connectivity index (χ4n) is 2.31. The molecule has 0 fully saturated rings. The van der Waals surface area contributed by atoms with E-state index in [0.29, 0.717) is 25.4 Å². The number of benzene rings is 1. The van der Waals surface area contributed by atoms with Crippen LogP contribution in [0.1, 0.15) is 5.76 Å². The molecule has 0 unspecified atom stereocenters. The monoisotopic (exact) mass is 325 g/mol. The molecule has 0 spiro atoms. The molecule has 3 rings (SSSR count). The molecular formula is C18H19N3O3. The topological polar surface area (TPSA) is 67.6 Å². The number of rotatable bonds is 6. The van der Waals surface area contributed by atoms with Crippen molar-refractivity contribution in [2.24, 2.45) is 0 Å². The minimum atomic E-state index is -0.176. The summed E-state index contributed by atoms with van der Waals surface area (Å²) in [6.45, 7) is 1.21. The van der Waals surface area contributed by atoms with Crippen LogP contribution in [-0.4, -0.2) is 36.1 Å². The number of hydrogen-bond donors (Lipinski definition) is 1. The Bertz CT molecular complexity index is 768. The summed E-state index contributed by atoms with van der Waals surface area (Å²) in [6, 6.07) is 13.2. The van der Waals surface area contributed by atoms with E-state index in [4.69, 9.17) is 9.15 Å². The van der Waals surface area contributed by atoms with Gasteiger partial charge in [-0.05, 0) is 24.3 Å². The highest BCUT2D eigenvalue weighted by Crippen LogP contribution is 2.19. The predicted octanol–water partition coefficient (Wildman–Crippen LogP) is 3.05. The Labute approximate surface area is 140 Å². The summed E-state index contributed by atoms with van der Waals surface area (Å²) >= 11 is 0. The molecule has 24 heavy (non-hydrogen) atoms. The zero-order valence-electron chi connectivity index (χ0n) is 13.4. The number of pyridine rings is 1. The minimum Gasteiger partial charge on any atom is -0.490 e. The second-order valence-electron chi connectivity index (χ2n) is 5.38. The van der Waals surface area contributed by atoms with Gasteiger partial charge < -0.3 is 19.4 Å². The molecule has 0 atom stereocenters. The molecule has 1 N–H and O–H groups in total. The Morgan fingerprint density at radius 2 is 2.17 bits per heavy atom. The molecule has 0 radical (unpaired) electrons. The van der Waals surface area contributed by atoms with Crippen molar-refractivity contribution in [2.45, 2.75) is 6.54 Å². The van der Waals surface area contributed by atoms with E-state index >= 15 is 0 Å². The molecule has 0 aliphatic carbocycles. The number of fused-ring (bicyclic) bond motifs is 1. The van der Waals surface area contributed by atoms with E-state index in [9.17, 15) is 4.79 Å². The average Bonchev–Trinajstić information content (AvgIpc) is 3.01. The lowest BCUT2D eigenvalue weighted by Gasteiger charge is -2.16. The summed E-state index contributed by atoms with van der Waals surface area (Å²) in [4.78, 5) is 17.6. The lowest BCUT2D eigenvalue weighted by atomic mass is 10.2. The van der Waals surface area contributed by atoms with E-state index in [1.807, 2.05) is 36.4 Å². The van der Waals surface area contributed by atoms with E-state index in [1.165, 1.54) is 0 Å². The molecule has 124 valence electrons. The van der Waals surface area contributed by atoms with Gasteiger partial charge in [0.1, 0.15) is 23.7 Å². The molecule has 0 aliphatic rings. The minimum absolute atomic E-state index is 0.176. The van der Waals surface area contributed by atoms with Gasteiger partial charge in [0.2, 0.25) is 0 Å². The third kappa shape index (κ3) is 4.04. The van der Waals surface area contributed by atoms with E-state index < -0.39 is 0 Å². The highest BCUT2D eigenvalue weighted by Gasteiger charge is 2.11. The molecule has 6 heteroatoms. The van der Waals surface area contributed by atoms with Crippen molar-refractivity contribution in [2.75, 3.05) is 20.2 Å². The van der Waals surface area contributed by atoms with Crippen LogP contribution in [-0.2, 0) is 6.54 Å². The van der Waals surface area contributed by atoms with Crippen molar-refractivity contribution in [3.8, 4) is 5.75 Å². The number of para-hydroxylation sites is 1.